The first-order valence-corrected chi connectivity index (χ1v) is 8.73. The van der Waals surface area contributed by atoms with Crippen LogP contribution in [0.25, 0.3) is 0 Å². The number of epoxide rings is 1. The fraction of sp³-hybridized carbons (Fsp3) is 0.833. The van der Waals surface area contributed by atoms with Crippen molar-refractivity contribution in [2.75, 3.05) is 6.61 Å². The second-order valence-corrected chi connectivity index (χ2v) is 7.01. The summed E-state index contributed by atoms with van der Waals surface area (Å²) in [4.78, 5) is 12.0. The van der Waals surface area contributed by atoms with E-state index in [1.807, 2.05) is 27.7 Å². The standard InChI is InChI=1S/C18H33NO4/c1-6-12(3)15(11-20)19-16(22)8-9-18(5)17(23-18)13(4)10-14(21)7-2/h8-9,12-15,17,20-21H,6-7,10-11H2,1-5H3,(H,19,22)/b9-8+/t12-,13-,14+,15+,17-,18-/m0/s1. The highest BCUT2D eigenvalue weighted by Crippen LogP contribution is 2.43. The molecule has 1 fully saturated rings. The Balaban J connectivity index is 2.49. The summed E-state index contributed by atoms with van der Waals surface area (Å²) >= 11 is 0. The Kier molecular flexibility index (Phi) is 7.71. The van der Waals surface area contributed by atoms with Crippen molar-refractivity contribution in [2.45, 2.75) is 77.7 Å². The maximum Gasteiger partial charge on any atom is 0.244 e. The number of carbonyl (C=O) groups excluding carboxylic acids is 1. The van der Waals surface area contributed by atoms with E-state index in [9.17, 15) is 15.0 Å². The highest BCUT2D eigenvalue weighted by molar-refractivity contribution is 5.88. The first kappa shape index (κ1) is 20.1. The molecule has 1 rings (SSSR count). The molecular weight excluding hydrogens is 294 g/mol. The van der Waals surface area contributed by atoms with Crippen LogP contribution in [-0.4, -0.2) is 46.6 Å². The third-order valence-electron chi connectivity index (χ3n) is 4.94. The Hall–Kier alpha value is -0.910. The Morgan fingerprint density at radius 3 is 2.52 bits per heavy atom. The molecule has 0 radical (unpaired) electrons. The number of carbonyl (C=O) groups is 1. The zero-order valence-electron chi connectivity index (χ0n) is 15.1. The third-order valence-corrected chi connectivity index (χ3v) is 4.94. The molecule has 3 N–H and O–H groups in total. The lowest BCUT2D eigenvalue weighted by atomic mass is 9.91. The first-order chi connectivity index (χ1) is 10.8. The predicted molar refractivity (Wildman–Crippen MR) is 91.0 cm³/mol. The minimum absolute atomic E-state index is 0.0379. The van der Waals surface area contributed by atoms with Gasteiger partial charge in [0.25, 0.3) is 0 Å². The molecule has 0 aromatic heterocycles. The fourth-order valence-electron chi connectivity index (χ4n) is 2.90. The van der Waals surface area contributed by atoms with Gasteiger partial charge in [-0.2, -0.15) is 0 Å². The average Bonchev–Trinajstić information content (AvgIpc) is 3.22. The lowest BCUT2D eigenvalue weighted by Gasteiger charge is -2.21. The Bertz CT molecular complexity index is 412. The van der Waals surface area contributed by atoms with Gasteiger partial charge in [0.2, 0.25) is 5.91 Å². The summed E-state index contributed by atoms with van der Waals surface area (Å²) in [6.07, 6.45) is 5.36. The van der Waals surface area contributed by atoms with Crippen LogP contribution in [0.2, 0.25) is 0 Å². The molecule has 0 bridgehead atoms. The summed E-state index contributed by atoms with van der Waals surface area (Å²) < 4.78 is 5.73. The summed E-state index contributed by atoms with van der Waals surface area (Å²) in [5.41, 5.74) is -0.435. The van der Waals surface area contributed by atoms with Crippen molar-refractivity contribution in [1.82, 2.24) is 5.32 Å². The number of hydrogen-bond donors (Lipinski definition) is 3. The Labute approximate surface area is 140 Å². The van der Waals surface area contributed by atoms with E-state index in [4.69, 9.17) is 4.74 Å². The van der Waals surface area contributed by atoms with E-state index in [1.54, 1.807) is 6.08 Å². The number of ether oxygens (including phenoxy) is 1. The van der Waals surface area contributed by atoms with Gasteiger partial charge in [-0.3, -0.25) is 4.79 Å². The van der Waals surface area contributed by atoms with Crippen molar-refractivity contribution in [3.8, 4) is 0 Å². The summed E-state index contributed by atoms with van der Waals surface area (Å²) in [6, 6.07) is -0.223. The number of aliphatic hydroxyl groups is 2. The van der Waals surface area contributed by atoms with Gasteiger partial charge in [-0.1, -0.05) is 34.1 Å². The van der Waals surface area contributed by atoms with E-state index >= 15 is 0 Å². The van der Waals surface area contributed by atoms with Crippen LogP contribution in [-0.2, 0) is 9.53 Å². The third kappa shape index (κ3) is 5.90. The van der Waals surface area contributed by atoms with Crippen molar-refractivity contribution in [2.24, 2.45) is 11.8 Å². The van der Waals surface area contributed by atoms with Gasteiger partial charge in [0.1, 0.15) is 5.60 Å². The zero-order valence-corrected chi connectivity index (χ0v) is 15.1. The maximum atomic E-state index is 12.0. The molecule has 23 heavy (non-hydrogen) atoms. The summed E-state index contributed by atoms with van der Waals surface area (Å²) in [7, 11) is 0. The van der Waals surface area contributed by atoms with E-state index < -0.39 is 5.60 Å². The lowest BCUT2D eigenvalue weighted by molar-refractivity contribution is -0.117. The van der Waals surface area contributed by atoms with Gasteiger partial charge in [0.15, 0.2) is 0 Å². The predicted octanol–water partition coefficient (Wildman–Crippen LogP) is 2.02. The number of rotatable bonds is 10. The zero-order chi connectivity index (χ0) is 17.6. The highest BCUT2D eigenvalue weighted by atomic mass is 16.6. The molecular formula is C18H33NO4. The van der Waals surface area contributed by atoms with Gasteiger partial charge in [-0.25, -0.2) is 0 Å². The molecule has 0 aromatic rings. The molecule has 0 aliphatic carbocycles. The lowest BCUT2D eigenvalue weighted by Crippen LogP contribution is -2.41. The van der Waals surface area contributed by atoms with E-state index in [0.29, 0.717) is 6.42 Å². The topological polar surface area (TPSA) is 82.1 Å². The van der Waals surface area contributed by atoms with Crippen LogP contribution in [0, 0.1) is 11.8 Å². The van der Waals surface area contributed by atoms with E-state index in [0.717, 1.165) is 12.8 Å². The van der Waals surface area contributed by atoms with Crippen LogP contribution in [0.4, 0.5) is 0 Å². The summed E-state index contributed by atoms with van der Waals surface area (Å²) in [6.45, 7) is 9.96. The number of hydrogen-bond acceptors (Lipinski definition) is 4. The van der Waals surface area contributed by atoms with Crippen LogP contribution >= 0.6 is 0 Å². The number of nitrogens with one attached hydrogen (secondary N) is 1. The van der Waals surface area contributed by atoms with Crippen LogP contribution in [0.3, 0.4) is 0 Å². The van der Waals surface area contributed by atoms with Crippen LogP contribution in [0.5, 0.6) is 0 Å². The monoisotopic (exact) mass is 327 g/mol. The Morgan fingerprint density at radius 1 is 1.35 bits per heavy atom. The summed E-state index contributed by atoms with van der Waals surface area (Å²) in [5, 5.41) is 21.9. The van der Waals surface area contributed by atoms with Crippen LogP contribution < -0.4 is 5.32 Å². The van der Waals surface area contributed by atoms with Crippen molar-refractivity contribution in [3.63, 3.8) is 0 Å². The highest BCUT2D eigenvalue weighted by Gasteiger charge is 2.53. The molecule has 0 unspecified atom stereocenters. The van der Waals surface area contributed by atoms with Gasteiger partial charge in [-0.15, -0.1) is 0 Å². The molecule has 0 aromatic carbocycles. The Morgan fingerprint density at radius 2 is 2.00 bits per heavy atom. The van der Waals surface area contributed by atoms with Crippen molar-refractivity contribution < 1.29 is 19.7 Å². The molecule has 6 atom stereocenters. The van der Waals surface area contributed by atoms with Gasteiger partial charge in [0.05, 0.1) is 24.9 Å². The molecule has 0 spiro atoms. The molecule has 1 amide bonds. The van der Waals surface area contributed by atoms with Gasteiger partial charge >= 0.3 is 0 Å². The summed E-state index contributed by atoms with van der Waals surface area (Å²) in [5.74, 6) is 0.266. The quantitative estimate of drug-likeness (QED) is 0.423. The normalized spacial score (nSPS) is 29.1. The molecule has 1 saturated heterocycles. The van der Waals surface area contributed by atoms with E-state index in [-0.39, 0.29) is 42.6 Å². The minimum Gasteiger partial charge on any atom is -0.394 e. The minimum atomic E-state index is -0.435. The van der Waals surface area contributed by atoms with E-state index in [1.165, 1.54) is 6.08 Å². The number of aliphatic hydroxyl groups excluding tert-OH is 2. The van der Waals surface area contributed by atoms with Gasteiger partial charge < -0.3 is 20.3 Å². The molecule has 0 saturated carbocycles. The molecule has 5 nitrogen and oxygen atoms in total. The molecule has 1 aliphatic heterocycles. The maximum absolute atomic E-state index is 12.0. The fourth-order valence-corrected chi connectivity index (χ4v) is 2.90. The largest absolute Gasteiger partial charge is 0.394 e. The molecule has 1 heterocycles. The van der Waals surface area contributed by atoms with Crippen LogP contribution in [0.1, 0.15) is 53.9 Å². The SMILES string of the molecule is CC[C@@H](O)C[C@H](C)[C@@H]1O[C@@]1(C)/C=C/C(=O)N[C@H](CO)[C@@H](C)CC. The van der Waals surface area contributed by atoms with Gasteiger partial charge in [-0.05, 0) is 37.7 Å². The second kappa shape index (κ2) is 8.81. The van der Waals surface area contributed by atoms with Crippen molar-refractivity contribution in [3.05, 3.63) is 12.2 Å². The van der Waals surface area contributed by atoms with Crippen molar-refractivity contribution in [1.29, 1.82) is 0 Å². The molecule has 1 aliphatic rings. The van der Waals surface area contributed by atoms with E-state index in [2.05, 4.69) is 12.2 Å². The second-order valence-electron chi connectivity index (χ2n) is 7.01. The molecule has 134 valence electrons. The van der Waals surface area contributed by atoms with Gasteiger partial charge in [0, 0.05) is 6.08 Å². The van der Waals surface area contributed by atoms with Crippen LogP contribution in [0.15, 0.2) is 12.2 Å². The number of amides is 1. The molecule has 5 heteroatoms. The average molecular weight is 327 g/mol. The smallest absolute Gasteiger partial charge is 0.244 e. The first-order valence-electron chi connectivity index (χ1n) is 8.73. The van der Waals surface area contributed by atoms with Crippen molar-refractivity contribution >= 4 is 5.91 Å².